The van der Waals surface area contributed by atoms with Gasteiger partial charge in [0.15, 0.2) is 6.29 Å². The molecule has 0 aliphatic carbocycles. The van der Waals surface area contributed by atoms with Crippen LogP contribution in [0.2, 0.25) is 0 Å². The number of aliphatic hydroxyl groups is 1. The molecule has 2 fully saturated rings. The van der Waals surface area contributed by atoms with Crippen LogP contribution in [-0.4, -0.2) is 97.3 Å². The molecular formula is C38H47F2N5O9. The van der Waals surface area contributed by atoms with E-state index in [9.17, 15) is 28.3 Å². The number of pyridine rings is 1. The SMILES string of the molecule is COC(=O)NC(C(=O)NN(Cc1ccc(OC(F)F)cc1)CC(O)C(Cc1ccc(-c2ccncc2)cc1)NC(=O)OC1COC2OCCC12)C(C)(C)C. The van der Waals surface area contributed by atoms with Gasteiger partial charge in [-0.2, -0.15) is 8.78 Å². The van der Waals surface area contributed by atoms with E-state index in [1.54, 1.807) is 33.2 Å². The average molecular weight is 756 g/mol. The molecule has 3 amide bonds. The van der Waals surface area contributed by atoms with E-state index >= 15 is 0 Å². The largest absolute Gasteiger partial charge is 0.453 e. The topological polar surface area (TPSA) is 170 Å². The summed E-state index contributed by atoms with van der Waals surface area (Å²) in [7, 11) is 1.18. The molecule has 6 unspecified atom stereocenters. The second-order valence-electron chi connectivity index (χ2n) is 14.2. The van der Waals surface area contributed by atoms with Crippen LogP contribution in [0, 0.1) is 11.3 Å². The van der Waals surface area contributed by atoms with Crippen LogP contribution in [0.4, 0.5) is 18.4 Å². The van der Waals surface area contributed by atoms with E-state index < -0.39 is 60.7 Å². The Bertz CT molecular complexity index is 1680. The van der Waals surface area contributed by atoms with Crippen molar-refractivity contribution in [1.29, 1.82) is 0 Å². The van der Waals surface area contributed by atoms with Gasteiger partial charge in [-0.15, -0.1) is 0 Å². The highest BCUT2D eigenvalue weighted by Crippen LogP contribution is 2.33. The van der Waals surface area contributed by atoms with Crippen molar-refractivity contribution in [1.82, 2.24) is 26.1 Å². The van der Waals surface area contributed by atoms with Crippen LogP contribution >= 0.6 is 0 Å². The minimum absolute atomic E-state index is 0.00682. The number of ether oxygens (including phenoxy) is 5. The summed E-state index contributed by atoms with van der Waals surface area (Å²) >= 11 is 0. The van der Waals surface area contributed by atoms with Crippen molar-refractivity contribution >= 4 is 18.1 Å². The number of aromatic nitrogens is 1. The normalized spacial score (nSPS) is 19.8. The summed E-state index contributed by atoms with van der Waals surface area (Å²) in [6.07, 6.45) is 0.435. The number of benzene rings is 2. The van der Waals surface area contributed by atoms with Crippen LogP contribution in [-0.2, 0) is 36.7 Å². The van der Waals surface area contributed by atoms with Crippen molar-refractivity contribution < 1.29 is 52.0 Å². The van der Waals surface area contributed by atoms with E-state index in [1.165, 1.54) is 36.4 Å². The molecule has 16 heteroatoms. The number of halogens is 2. The second kappa shape index (κ2) is 18.4. The zero-order valence-electron chi connectivity index (χ0n) is 30.6. The van der Waals surface area contributed by atoms with Gasteiger partial charge in [-0.05, 0) is 64.8 Å². The smallest absolute Gasteiger partial charge is 0.407 e. The minimum Gasteiger partial charge on any atom is -0.453 e. The minimum atomic E-state index is -3.00. The number of amides is 3. The van der Waals surface area contributed by atoms with Crippen LogP contribution in [0.25, 0.3) is 11.1 Å². The number of carbonyl (C=O) groups excluding carboxylic acids is 3. The third-order valence-electron chi connectivity index (χ3n) is 9.21. The van der Waals surface area contributed by atoms with E-state index in [-0.39, 0.29) is 37.8 Å². The molecule has 4 N–H and O–H groups in total. The van der Waals surface area contributed by atoms with Gasteiger partial charge < -0.3 is 39.4 Å². The number of methoxy groups -OCH3 is 1. The Morgan fingerprint density at radius 3 is 2.26 bits per heavy atom. The van der Waals surface area contributed by atoms with Crippen molar-refractivity contribution in [2.45, 2.75) is 77.4 Å². The van der Waals surface area contributed by atoms with Gasteiger partial charge in [-0.3, -0.25) is 15.2 Å². The zero-order chi connectivity index (χ0) is 38.8. The fourth-order valence-electron chi connectivity index (χ4n) is 6.36. The highest BCUT2D eigenvalue weighted by Gasteiger charge is 2.44. The van der Waals surface area contributed by atoms with Crippen molar-refractivity contribution in [2.75, 3.05) is 26.9 Å². The van der Waals surface area contributed by atoms with Gasteiger partial charge in [-0.1, -0.05) is 57.2 Å². The Labute approximate surface area is 312 Å². The third-order valence-corrected chi connectivity index (χ3v) is 9.21. The highest BCUT2D eigenvalue weighted by molar-refractivity contribution is 5.86. The molecule has 0 spiro atoms. The molecule has 3 aromatic rings. The molecule has 292 valence electrons. The van der Waals surface area contributed by atoms with E-state index in [2.05, 4.69) is 25.8 Å². The van der Waals surface area contributed by atoms with Gasteiger partial charge in [0.1, 0.15) is 17.9 Å². The first kappa shape index (κ1) is 40.3. The first-order valence-corrected chi connectivity index (χ1v) is 17.6. The standard InChI is InChI=1S/C38H47F2N5O9/c1-38(2,3)32(43-36(48)50-4)33(47)44-45(20-24-7-11-27(12-8-24)53-35(39)40)21-30(46)29(42-37(49)54-31-22-52-34-28(31)15-18-51-34)19-23-5-9-25(10-6-23)26-13-16-41-17-14-26/h5-14,16-17,28-32,34-35,46H,15,18-22H2,1-4H3,(H,42,49)(H,43,48)(H,44,47). The third kappa shape index (κ3) is 11.3. The lowest BCUT2D eigenvalue weighted by atomic mass is 9.86. The molecule has 14 nitrogen and oxygen atoms in total. The van der Waals surface area contributed by atoms with E-state index in [0.29, 0.717) is 18.6 Å². The first-order valence-electron chi connectivity index (χ1n) is 17.6. The number of fused-ring (bicyclic) bond motifs is 1. The van der Waals surface area contributed by atoms with Crippen LogP contribution in [0.5, 0.6) is 5.75 Å². The molecule has 54 heavy (non-hydrogen) atoms. The van der Waals surface area contributed by atoms with Crippen LogP contribution < -0.4 is 20.8 Å². The number of alkyl halides is 2. The summed E-state index contributed by atoms with van der Waals surface area (Å²) in [5, 5.41) is 18.7. The Kier molecular flexibility index (Phi) is 13.7. The zero-order valence-corrected chi connectivity index (χ0v) is 30.6. The van der Waals surface area contributed by atoms with Gasteiger partial charge in [0.2, 0.25) is 0 Å². The van der Waals surface area contributed by atoms with Crippen molar-refractivity contribution in [3.05, 3.63) is 84.2 Å². The first-order chi connectivity index (χ1) is 25.8. The predicted octanol–water partition coefficient (Wildman–Crippen LogP) is 4.41. The van der Waals surface area contributed by atoms with E-state index in [0.717, 1.165) is 16.7 Å². The molecule has 0 saturated carbocycles. The van der Waals surface area contributed by atoms with Crippen LogP contribution in [0.1, 0.15) is 38.3 Å². The van der Waals surface area contributed by atoms with Gasteiger partial charge >= 0.3 is 18.8 Å². The molecule has 2 saturated heterocycles. The number of aliphatic hydroxyl groups excluding tert-OH is 1. The summed E-state index contributed by atoms with van der Waals surface area (Å²) in [6, 6.07) is 15.2. The fourth-order valence-corrected chi connectivity index (χ4v) is 6.36. The van der Waals surface area contributed by atoms with Gasteiger partial charge in [0.05, 0.1) is 38.4 Å². The fraction of sp³-hybridized carbons (Fsp3) is 0.474. The maximum Gasteiger partial charge on any atom is 0.407 e. The maximum atomic E-state index is 13.7. The van der Waals surface area contributed by atoms with Crippen molar-refractivity contribution in [2.24, 2.45) is 11.3 Å². The number of nitrogens with one attached hydrogen (secondary N) is 3. The Balaban J connectivity index is 1.38. The number of alkyl carbamates (subject to hydrolysis) is 2. The van der Waals surface area contributed by atoms with E-state index in [1.807, 2.05) is 36.4 Å². The summed E-state index contributed by atoms with van der Waals surface area (Å²) < 4.78 is 51.8. The number of hydrogen-bond acceptors (Lipinski definition) is 11. The number of nitrogens with zero attached hydrogens (tertiary/aromatic N) is 2. The summed E-state index contributed by atoms with van der Waals surface area (Å²) in [6.45, 7) is 2.73. The summed E-state index contributed by atoms with van der Waals surface area (Å²) in [4.78, 5) is 43.4. The van der Waals surface area contributed by atoms with Crippen LogP contribution in [0.3, 0.4) is 0 Å². The quantitative estimate of drug-likeness (QED) is 0.162. The maximum absolute atomic E-state index is 13.7. The molecule has 5 rings (SSSR count). The summed E-state index contributed by atoms with van der Waals surface area (Å²) in [5.74, 6) is -0.763. The molecule has 2 aliphatic heterocycles. The highest BCUT2D eigenvalue weighted by atomic mass is 19.3. The Morgan fingerprint density at radius 1 is 0.944 bits per heavy atom. The lowest BCUT2D eigenvalue weighted by Gasteiger charge is -2.34. The molecule has 6 atom stereocenters. The molecule has 2 aliphatic rings. The lowest BCUT2D eigenvalue weighted by Crippen LogP contribution is -2.59. The van der Waals surface area contributed by atoms with E-state index in [4.69, 9.17) is 18.9 Å². The lowest BCUT2D eigenvalue weighted by molar-refractivity contribution is -0.131. The molecule has 1 aromatic heterocycles. The average Bonchev–Trinajstić information content (AvgIpc) is 3.76. The van der Waals surface area contributed by atoms with Gasteiger partial charge in [0, 0.05) is 25.5 Å². The number of rotatable bonds is 15. The molecule has 3 heterocycles. The monoisotopic (exact) mass is 755 g/mol. The van der Waals surface area contributed by atoms with Gasteiger partial charge in [0.25, 0.3) is 5.91 Å². The van der Waals surface area contributed by atoms with Crippen molar-refractivity contribution in [3.63, 3.8) is 0 Å². The van der Waals surface area contributed by atoms with Gasteiger partial charge in [-0.25, -0.2) is 14.6 Å². The number of hydrogen-bond donors (Lipinski definition) is 4. The molecule has 0 bridgehead atoms. The van der Waals surface area contributed by atoms with Crippen molar-refractivity contribution in [3.8, 4) is 16.9 Å². The predicted molar refractivity (Wildman–Crippen MR) is 191 cm³/mol. The Hall–Kier alpha value is -4.90. The molecular weight excluding hydrogens is 708 g/mol. The number of carbonyl (C=O) groups is 3. The molecule has 0 radical (unpaired) electrons. The molecule has 2 aromatic carbocycles. The Morgan fingerprint density at radius 2 is 1.61 bits per heavy atom. The number of hydrazine groups is 1. The second-order valence-corrected chi connectivity index (χ2v) is 14.2. The summed E-state index contributed by atoms with van der Waals surface area (Å²) in [5.41, 5.74) is 5.32. The van der Waals surface area contributed by atoms with Crippen LogP contribution in [0.15, 0.2) is 73.1 Å².